The number of carboxylic acid groups (broad SMARTS) is 1. The Balaban J connectivity index is 1.95. The molecule has 1 aliphatic carbocycles. The number of carbonyl (C=O) groups is 1. The van der Waals surface area contributed by atoms with Gasteiger partial charge in [0, 0.05) is 10.1 Å². The molecular formula is C14H18O2S. The number of hydrogen-bond donors (Lipinski definition) is 1. The molecule has 3 heteroatoms. The lowest BCUT2D eigenvalue weighted by atomic mass is 10.2. The van der Waals surface area contributed by atoms with Crippen molar-refractivity contribution in [3.05, 3.63) is 29.8 Å². The molecule has 0 spiro atoms. The first kappa shape index (κ1) is 12.5. The van der Waals surface area contributed by atoms with Crippen molar-refractivity contribution >= 4 is 17.7 Å². The van der Waals surface area contributed by atoms with Crippen molar-refractivity contribution in [3.8, 4) is 0 Å². The first-order valence-corrected chi connectivity index (χ1v) is 7.14. The standard InChI is InChI=1S/C14H18O2S/c15-14(16)11-7-9-13(10-8-11)17-12-5-3-1-2-4-6-12/h7-10,12H,1-6H2,(H,15,16). The Morgan fingerprint density at radius 1 is 1.06 bits per heavy atom. The van der Waals surface area contributed by atoms with E-state index in [-0.39, 0.29) is 0 Å². The van der Waals surface area contributed by atoms with Crippen LogP contribution in [0.15, 0.2) is 29.2 Å². The molecule has 0 atom stereocenters. The molecule has 2 rings (SSSR count). The van der Waals surface area contributed by atoms with Gasteiger partial charge in [0.15, 0.2) is 0 Å². The zero-order valence-corrected chi connectivity index (χ0v) is 10.7. The van der Waals surface area contributed by atoms with Crippen molar-refractivity contribution in [2.45, 2.75) is 48.7 Å². The summed E-state index contributed by atoms with van der Waals surface area (Å²) in [5, 5.41) is 9.54. The molecule has 0 heterocycles. The summed E-state index contributed by atoms with van der Waals surface area (Å²) in [6, 6.07) is 7.25. The van der Waals surface area contributed by atoms with E-state index in [0.717, 1.165) is 0 Å². The molecule has 1 fully saturated rings. The zero-order chi connectivity index (χ0) is 12.1. The van der Waals surface area contributed by atoms with Crippen molar-refractivity contribution in [3.63, 3.8) is 0 Å². The van der Waals surface area contributed by atoms with Gasteiger partial charge in [0.2, 0.25) is 0 Å². The summed E-state index contributed by atoms with van der Waals surface area (Å²) in [6.07, 6.45) is 8.01. The molecule has 0 saturated heterocycles. The molecule has 1 aromatic rings. The van der Waals surface area contributed by atoms with Crippen molar-refractivity contribution in [2.75, 3.05) is 0 Å². The summed E-state index contributed by atoms with van der Waals surface area (Å²) in [5.41, 5.74) is 0.371. The molecule has 1 aromatic carbocycles. The van der Waals surface area contributed by atoms with E-state index in [1.54, 1.807) is 12.1 Å². The van der Waals surface area contributed by atoms with Gasteiger partial charge in [-0.15, -0.1) is 11.8 Å². The van der Waals surface area contributed by atoms with Crippen molar-refractivity contribution < 1.29 is 9.90 Å². The van der Waals surface area contributed by atoms with Crippen LogP contribution in [0.4, 0.5) is 0 Å². The highest BCUT2D eigenvalue weighted by atomic mass is 32.2. The average Bonchev–Trinajstić information content (AvgIpc) is 2.58. The fourth-order valence-electron chi connectivity index (χ4n) is 2.23. The Bertz CT molecular complexity index is 364. The van der Waals surface area contributed by atoms with Crippen LogP contribution >= 0.6 is 11.8 Å². The van der Waals surface area contributed by atoms with Gasteiger partial charge in [-0.3, -0.25) is 0 Å². The lowest BCUT2D eigenvalue weighted by molar-refractivity contribution is 0.0697. The van der Waals surface area contributed by atoms with E-state index in [1.807, 2.05) is 23.9 Å². The minimum atomic E-state index is -0.851. The van der Waals surface area contributed by atoms with Crippen LogP contribution in [0.25, 0.3) is 0 Å². The molecule has 1 aliphatic rings. The molecule has 2 nitrogen and oxygen atoms in total. The molecule has 0 unspecified atom stereocenters. The Hall–Kier alpha value is -0.960. The van der Waals surface area contributed by atoms with E-state index in [4.69, 9.17) is 5.11 Å². The first-order chi connectivity index (χ1) is 8.25. The highest BCUT2D eigenvalue weighted by Gasteiger charge is 2.13. The van der Waals surface area contributed by atoms with Gasteiger partial charge >= 0.3 is 5.97 Å². The van der Waals surface area contributed by atoms with E-state index < -0.39 is 5.97 Å². The van der Waals surface area contributed by atoms with Crippen LogP contribution in [0.5, 0.6) is 0 Å². The molecule has 0 aromatic heterocycles. The maximum absolute atomic E-state index is 10.7. The molecular weight excluding hydrogens is 232 g/mol. The van der Waals surface area contributed by atoms with E-state index >= 15 is 0 Å². The van der Waals surface area contributed by atoms with Gasteiger partial charge < -0.3 is 5.11 Å². The van der Waals surface area contributed by atoms with Crippen LogP contribution in [-0.4, -0.2) is 16.3 Å². The van der Waals surface area contributed by atoms with Crippen LogP contribution in [-0.2, 0) is 0 Å². The Labute approximate surface area is 106 Å². The number of carboxylic acids is 1. The second-order valence-corrected chi connectivity index (χ2v) is 5.93. The van der Waals surface area contributed by atoms with Gasteiger partial charge in [0.25, 0.3) is 0 Å². The number of rotatable bonds is 3. The van der Waals surface area contributed by atoms with Gasteiger partial charge in [-0.2, -0.15) is 0 Å². The fourth-order valence-corrected chi connectivity index (χ4v) is 3.48. The third-order valence-corrected chi connectivity index (χ3v) is 4.56. The number of aromatic carboxylic acids is 1. The second kappa shape index (κ2) is 6.10. The van der Waals surface area contributed by atoms with Crippen LogP contribution in [0.3, 0.4) is 0 Å². The fraction of sp³-hybridized carbons (Fsp3) is 0.500. The Morgan fingerprint density at radius 3 is 2.18 bits per heavy atom. The second-order valence-electron chi connectivity index (χ2n) is 4.56. The smallest absolute Gasteiger partial charge is 0.335 e. The molecule has 0 amide bonds. The quantitative estimate of drug-likeness (QED) is 0.817. The van der Waals surface area contributed by atoms with Crippen molar-refractivity contribution in [1.82, 2.24) is 0 Å². The summed E-state index contributed by atoms with van der Waals surface area (Å²) in [7, 11) is 0. The van der Waals surface area contributed by atoms with Gasteiger partial charge in [0.1, 0.15) is 0 Å². The lowest BCUT2D eigenvalue weighted by Crippen LogP contribution is -2.00. The normalized spacial score (nSPS) is 17.6. The van der Waals surface area contributed by atoms with E-state index in [1.165, 1.54) is 43.4 Å². The highest BCUT2D eigenvalue weighted by Crippen LogP contribution is 2.32. The predicted octanol–water partition coefficient (Wildman–Crippen LogP) is 4.20. The lowest BCUT2D eigenvalue weighted by Gasteiger charge is -2.13. The van der Waals surface area contributed by atoms with Gasteiger partial charge in [-0.25, -0.2) is 4.79 Å². The molecule has 0 radical (unpaired) electrons. The number of benzene rings is 1. The minimum absolute atomic E-state index is 0.371. The third-order valence-electron chi connectivity index (χ3n) is 3.21. The van der Waals surface area contributed by atoms with Crippen LogP contribution < -0.4 is 0 Å². The summed E-state index contributed by atoms with van der Waals surface area (Å²) in [5.74, 6) is -0.851. The summed E-state index contributed by atoms with van der Waals surface area (Å²) in [6.45, 7) is 0. The van der Waals surface area contributed by atoms with Crippen LogP contribution in [0.1, 0.15) is 48.9 Å². The summed E-state index contributed by atoms with van der Waals surface area (Å²) in [4.78, 5) is 11.9. The predicted molar refractivity (Wildman–Crippen MR) is 70.7 cm³/mol. The highest BCUT2D eigenvalue weighted by molar-refractivity contribution is 8.00. The summed E-state index contributed by atoms with van der Waals surface area (Å²) < 4.78 is 0. The molecule has 0 bridgehead atoms. The van der Waals surface area contributed by atoms with Gasteiger partial charge in [0.05, 0.1) is 5.56 Å². The monoisotopic (exact) mass is 250 g/mol. The minimum Gasteiger partial charge on any atom is -0.478 e. The number of thioether (sulfide) groups is 1. The average molecular weight is 250 g/mol. The maximum atomic E-state index is 10.7. The molecule has 0 aliphatic heterocycles. The zero-order valence-electron chi connectivity index (χ0n) is 9.89. The van der Waals surface area contributed by atoms with E-state index in [0.29, 0.717) is 10.8 Å². The van der Waals surface area contributed by atoms with Gasteiger partial charge in [-0.05, 0) is 37.1 Å². The van der Waals surface area contributed by atoms with E-state index in [9.17, 15) is 4.79 Å². The largest absolute Gasteiger partial charge is 0.478 e. The van der Waals surface area contributed by atoms with Crippen molar-refractivity contribution in [2.24, 2.45) is 0 Å². The summed E-state index contributed by atoms with van der Waals surface area (Å²) >= 11 is 1.91. The Kier molecular flexibility index (Phi) is 4.49. The maximum Gasteiger partial charge on any atom is 0.335 e. The molecule has 1 N–H and O–H groups in total. The van der Waals surface area contributed by atoms with E-state index in [2.05, 4.69) is 0 Å². The van der Waals surface area contributed by atoms with Gasteiger partial charge in [-0.1, -0.05) is 25.7 Å². The molecule has 92 valence electrons. The number of hydrogen-bond acceptors (Lipinski definition) is 2. The molecule has 1 saturated carbocycles. The first-order valence-electron chi connectivity index (χ1n) is 6.26. The van der Waals surface area contributed by atoms with Crippen LogP contribution in [0, 0.1) is 0 Å². The SMILES string of the molecule is O=C(O)c1ccc(SC2CCCCCC2)cc1. The Morgan fingerprint density at radius 2 is 1.65 bits per heavy atom. The van der Waals surface area contributed by atoms with Crippen LogP contribution in [0.2, 0.25) is 0 Å². The topological polar surface area (TPSA) is 37.3 Å². The molecule has 17 heavy (non-hydrogen) atoms. The third kappa shape index (κ3) is 3.77. The van der Waals surface area contributed by atoms with Crippen molar-refractivity contribution in [1.29, 1.82) is 0 Å².